The Labute approximate surface area is 169 Å². The van der Waals surface area contributed by atoms with Crippen molar-refractivity contribution in [3.63, 3.8) is 0 Å². The summed E-state index contributed by atoms with van der Waals surface area (Å²) in [6.45, 7) is 7.19. The van der Waals surface area contributed by atoms with Crippen molar-refractivity contribution in [3.8, 4) is 11.1 Å². The van der Waals surface area contributed by atoms with Crippen LogP contribution in [0.1, 0.15) is 19.8 Å². The van der Waals surface area contributed by atoms with Gasteiger partial charge in [-0.15, -0.1) is 0 Å². The van der Waals surface area contributed by atoms with Crippen molar-refractivity contribution >= 4 is 46.6 Å². The maximum atomic E-state index is 6.30. The molecule has 8 heteroatoms. The van der Waals surface area contributed by atoms with Gasteiger partial charge in [-0.2, -0.15) is 4.98 Å². The zero-order valence-electron chi connectivity index (χ0n) is 14.7. The molecule has 0 amide bonds. The number of nitrogen functional groups attached to an aromatic ring is 1. The molecule has 2 N–H and O–H groups in total. The van der Waals surface area contributed by atoms with Gasteiger partial charge in [0.2, 0.25) is 5.95 Å². The Hall–Kier alpha value is -1.27. The summed E-state index contributed by atoms with van der Waals surface area (Å²) < 4.78 is 0. The lowest BCUT2D eigenvalue weighted by Gasteiger charge is -2.34. The molecular formula is C18H22Cl3N5. The second kappa shape index (κ2) is 8.61. The van der Waals surface area contributed by atoms with Crippen molar-refractivity contribution in [3.05, 3.63) is 33.4 Å². The van der Waals surface area contributed by atoms with E-state index in [4.69, 9.17) is 40.5 Å². The highest BCUT2D eigenvalue weighted by molar-refractivity contribution is 6.45. The first kappa shape index (κ1) is 19.5. The van der Waals surface area contributed by atoms with E-state index in [1.807, 2.05) is 0 Å². The molecule has 1 aliphatic heterocycles. The molecule has 140 valence electrons. The van der Waals surface area contributed by atoms with Crippen molar-refractivity contribution in [2.45, 2.75) is 19.8 Å². The van der Waals surface area contributed by atoms with Crippen LogP contribution in [0.25, 0.3) is 11.1 Å². The summed E-state index contributed by atoms with van der Waals surface area (Å²) in [5.41, 5.74) is 7.46. The van der Waals surface area contributed by atoms with Crippen molar-refractivity contribution in [2.75, 3.05) is 43.4 Å². The van der Waals surface area contributed by atoms with E-state index in [1.165, 1.54) is 12.8 Å². The van der Waals surface area contributed by atoms with Gasteiger partial charge in [0.05, 0.1) is 10.0 Å². The molecule has 0 saturated carbocycles. The van der Waals surface area contributed by atoms with Crippen molar-refractivity contribution < 1.29 is 0 Å². The van der Waals surface area contributed by atoms with Crippen LogP contribution in [-0.2, 0) is 0 Å². The maximum Gasteiger partial charge on any atom is 0.227 e. The Kier molecular flexibility index (Phi) is 6.46. The largest absolute Gasteiger partial charge is 0.383 e. The zero-order valence-corrected chi connectivity index (χ0v) is 16.9. The number of rotatable bonds is 5. The highest BCUT2D eigenvalue weighted by Crippen LogP contribution is 2.38. The molecule has 3 rings (SSSR count). The van der Waals surface area contributed by atoms with E-state index in [9.17, 15) is 0 Å². The first-order chi connectivity index (χ1) is 12.5. The van der Waals surface area contributed by atoms with Gasteiger partial charge in [0.15, 0.2) is 0 Å². The van der Waals surface area contributed by atoms with Crippen LogP contribution in [0, 0.1) is 0 Å². The molecule has 1 saturated heterocycles. The lowest BCUT2D eigenvalue weighted by atomic mass is 10.1. The number of hydrogen-bond donors (Lipinski definition) is 1. The third-order valence-electron chi connectivity index (χ3n) is 4.57. The summed E-state index contributed by atoms with van der Waals surface area (Å²) in [6, 6.07) is 3.31. The molecule has 2 aromatic rings. The fraction of sp³-hybridized carbons (Fsp3) is 0.444. The highest BCUT2D eigenvalue weighted by atomic mass is 35.5. The summed E-state index contributed by atoms with van der Waals surface area (Å²) in [7, 11) is 0. The molecule has 2 heterocycles. The molecule has 1 aromatic carbocycles. The van der Waals surface area contributed by atoms with Crippen molar-refractivity contribution in [2.24, 2.45) is 0 Å². The number of halogens is 3. The van der Waals surface area contributed by atoms with Crippen LogP contribution in [0.5, 0.6) is 0 Å². The monoisotopic (exact) mass is 413 g/mol. The summed E-state index contributed by atoms with van der Waals surface area (Å²) >= 11 is 18.5. The third kappa shape index (κ3) is 4.34. The Bertz CT molecular complexity index is 776. The number of unbranched alkanes of at least 4 members (excludes halogenated alkanes) is 1. The van der Waals surface area contributed by atoms with E-state index in [0.29, 0.717) is 38.0 Å². The Morgan fingerprint density at radius 3 is 2.46 bits per heavy atom. The van der Waals surface area contributed by atoms with Crippen molar-refractivity contribution in [1.29, 1.82) is 0 Å². The Balaban J connectivity index is 1.77. The van der Waals surface area contributed by atoms with E-state index in [-0.39, 0.29) is 0 Å². The van der Waals surface area contributed by atoms with Crippen LogP contribution in [0.3, 0.4) is 0 Å². The molecule has 0 atom stereocenters. The van der Waals surface area contributed by atoms with E-state index >= 15 is 0 Å². The lowest BCUT2D eigenvalue weighted by molar-refractivity contribution is 0.253. The summed E-state index contributed by atoms with van der Waals surface area (Å²) in [5.74, 6) is 1.01. The minimum Gasteiger partial charge on any atom is -0.383 e. The summed E-state index contributed by atoms with van der Waals surface area (Å²) in [4.78, 5) is 13.6. The van der Waals surface area contributed by atoms with Crippen molar-refractivity contribution in [1.82, 2.24) is 14.9 Å². The Morgan fingerprint density at radius 1 is 1.08 bits per heavy atom. The second-order valence-corrected chi connectivity index (χ2v) is 7.62. The SMILES string of the molecule is CCCCN1CCN(c2ncc(-c3cc(Cl)cc(Cl)c3Cl)c(N)n2)CC1. The predicted octanol–water partition coefficient (Wildman–Crippen LogP) is 4.61. The summed E-state index contributed by atoms with van der Waals surface area (Å²) in [5, 5.41) is 1.26. The van der Waals surface area contributed by atoms with Gasteiger partial charge < -0.3 is 10.6 Å². The third-order valence-corrected chi connectivity index (χ3v) is 5.59. The maximum absolute atomic E-state index is 6.30. The number of benzene rings is 1. The number of hydrogen-bond acceptors (Lipinski definition) is 5. The average Bonchev–Trinajstić information content (AvgIpc) is 2.63. The number of anilines is 2. The van der Waals surface area contributed by atoms with Gasteiger partial charge in [-0.05, 0) is 25.1 Å². The minimum atomic E-state index is 0.364. The lowest BCUT2D eigenvalue weighted by Crippen LogP contribution is -2.47. The van der Waals surface area contributed by atoms with E-state index in [1.54, 1.807) is 18.3 Å². The van der Waals surface area contributed by atoms with Crippen LogP contribution < -0.4 is 10.6 Å². The van der Waals surface area contributed by atoms with Gasteiger partial charge in [-0.3, -0.25) is 4.90 Å². The standard InChI is InChI=1S/C18H22Cl3N5/c1-2-3-4-25-5-7-26(8-6-25)18-23-11-14(17(22)24-18)13-9-12(19)10-15(20)16(13)21/h9-11H,2-8H2,1H3,(H2,22,23,24). The molecule has 0 unspecified atom stereocenters. The normalized spacial score (nSPS) is 15.5. The predicted molar refractivity (Wildman–Crippen MR) is 110 cm³/mol. The second-order valence-electron chi connectivity index (χ2n) is 6.40. The number of aromatic nitrogens is 2. The molecule has 5 nitrogen and oxygen atoms in total. The van der Waals surface area contributed by atoms with Gasteiger partial charge >= 0.3 is 0 Å². The smallest absolute Gasteiger partial charge is 0.227 e. The van der Waals surface area contributed by atoms with E-state index in [2.05, 4.69) is 26.7 Å². The topological polar surface area (TPSA) is 58.3 Å². The number of piperazine rings is 1. The van der Waals surface area contributed by atoms with Crippen LogP contribution in [0.4, 0.5) is 11.8 Å². The van der Waals surface area contributed by atoms with Crippen LogP contribution in [-0.4, -0.2) is 47.6 Å². The van der Waals surface area contributed by atoms with Gasteiger partial charge in [-0.25, -0.2) is 4.98 Å². The molecular weight excluding hydrogens is 393 g/mol. The zero-order chi connectivity index (χ0) is 18.7. The molecule has 26 heavy (non-hydrogen) atoms. The summed E-state index contributed by atoms with van der Waals surface area (Å²) in [6.07, 6.45) is 4.15. The number of nitrogens with two attached hydrogens (primary N) is 1. The molecule has 0 radical (unpaired) electrons. The van der Waals surface area contributed by atoms with Crippen LogP contribution in [0.2, 0.25) is 15.1 Å². The molecule has 1 aliphatic rings. The average molecular weight is 415 g/mol. The fourth-order valence-corrected chi connectivity index (χ4v) is 3.75. The van der Waals surface area contributed by atoms with E-state index < -0.39 is 0 Å². The first-order valence-electron chi connectivity index (χ1n) is 8.74. The van der Waals surface area contributed by atoms with Gasteiger partial charge in [0, 0.05) is 48.5 Å². The minimum absolute atomic E-state index is 0.364. The number of nitrogens with zero attached hydrogens (tertiary/aromatic N) is 4. The molecule has 0 aliphatic carbocycles. The van der Waals surface area contributed by atoms with Crippen LogP contribution >= 0.6 is 34.8 Å². The van der Waals surface area contributed by atoms with Gasteiger partial charge in [-0.1, -0.05) is 48.1 Å². The van der Waals surface area contributed by atoms with Crippen LogP contribution in [0.15, 0.2) is 18.3 Å². The van der Waals surface area contributed by atoms with Gasteiger partial charge in [0.1, 0.15) is 5.82 Å². The quantitative estimate of drug-likeness (QED) is 0.724. The molecule has 0 spiro atoms. The highest BCUT2D eigenvalue weighted by Gasteiger charge is 2.20. The fourth-order valence-electron chi connectivity index (χ4n) is 3.05. The Morgan fingerprint density at radius 2 is 1.81 bits per heavy atom. The molecule has 0 bridgehead atoms. The molecule has 1 aromatic heterocycles. The molecule has 1 fully saturated rings. The van der Waals surface area contributed by atoms with Gasteiger partial charge in [0.25, 0.3) is 0 Å². The first-order valence-corrected chi connectivity index (χ1v) is 9.87. The van der Waals surface area contributed by atoms with E-state index in [0.717, 1.165) is 32.7 Å².